The molecule has 0 amide bonds. The van der Waals surface area contributed by atoms with Crippen LogP contribution in [0.5, 0.6) is 11.5 Å². The topological polar surface area (TPSA) is 48.4 Å². The van der Waals surface area contributed by atoms with Crippen molar-refractivity contribution in [2.75, 3.05) is 14.2 Å². The van der Waals surface area contributed by atoms with Gasteiger partial charge in [0.25, 0.3) is 0 Å². The second-order valence-electron chi connectivity index (χ2n) is 4.18. The average Bonchev–Trinajstić information content (AvgIpc) is 2.82. The minimum atomic E-state index is -0.0535. The molecule has 0 unspecified atom stereocenters. The minimum absolute atomic E-state index is 0.0535. The van der Waals surface area contributed by atoms with E-state index >= 15 is 0 Å². The van der Waals surface area contributed by atoms with Gasteiger partial charge in [-0.1, -0.05) is 11.6 Å². The third-order valence-corrected chi connectivity index (χ3v) is 3.98. The minimum Gasteiger partial charge on any atom is -0.493 e. The van der Waals surface area contributed by atoms with Crippen LogP contribution in [0, 0.1) is 6.92 Å². The third kappa shape index (κ3) is 3.11. The SMILES string of the molecule is COc1cc(C(=O)Cc2nc(C)cs2)cc(Cl)c1OC. The molecule has 106 valence electrons. The zero-order valence-electron chi connectivity index (χ0n) is 11.4. The molecule has 0 spiro atoms. The quantitative estimate of drug-likeness (QED) is 0.792. The highest BCUT2D eigenvalue weighted by atomic mass is 35.5. The van der Waals surface area contributed by atoms with Gasteiger partial charge in [0.2, 0.25) is 0 Å². The lowest BCUT2D eigenvalue weighted by Gasteiger charge is -2.11. The highest BCUT2D eigenvalue weighted by Crippen LogP contribution is 2.36. The second-order valence-corrected chi connectivity index (χ2v) is 5.53. The van der Waals surface area contributed by atoms with Crippen molar-refractivity contribution < 1.29 is 14.3 Å². The van der Waals surface area contributed by atoms with Gasteiger partial charge in [-0.15, -0.1) is 11.3 Å². The lowest BCUT2D eigenvalue weighted by molar-refractivity contribution is 0.0992. The summed E-state index contributed by atoms with van der Waals surface area (Å²) in [4.78, 5) is 16.5. The van der Waals surface area contributed by atoms with Crippen molar-refractivity contribution >= 4 is 28.7 Å². The molecule has 6 heteroatoms. The molecule has 1 aromatic heterocycles. The molecule has 1 heterocycles. The van der Waals surface area contributed by atoms with E-state index in [1.807, 2.05) is 12.3 Å². The fourth-order valence-electron chi connectivity index (χ4n) is 1.80. The fourth-order valence-corrected chi connectivity index (χ4v) is 2.86. The Labute approximate surface area is 126 Å². The highest BCUT2D eigenvalue weighted by Gasteiger charge is 2.16. The Morgan fingerprint density at radius 1 is 1.35 bits per heavy atom. The lowest BCUT2D eigenvalue weighted by Crippen LogP contribution is -2.04. The van der Waals surface area contributed by atoms with E-state index in [0.29, 0.717) is 22.1 Å². The Hall–Kier alpha value is -1.59. The summed E-state index contributed by atoms with van der Waals surface area (Å²) in [6.07, 6.45) is 0.254. The monoisotopic (exact) mass is 311 g/mol. The predicted octanol–water partition coefficient (Wildman–Crippen LogP) is 3.55. The van der Waals surface area contributed by atoms with Gasteiger partial charge in [0, 0.05) is 16.6 Å². The molecule has 2 aromatic rings. The number of nitrogens with zero attached hydrogens (tertiary/aromatic N) is 1. The maximum absolute atomic E-state index is 12.3. The van der Waals surface area contributed by atoms with Crippen molar-refractivity contribution in [3.05, 3.63) is 38.8 Å². The van der Waals surface area contributed by atoms with Crippen molar-refractivity contribution in [3.8, 4) is 11.5 Å². The number of rotatable bonds is 5. The van der Waals surface area contributed by atoms with E-state index in [-0.39, 0.29) is 12.2 Å². The van der Waals surface area contributed by atoms with Gasteiger partial charge in [-0.3, -0.25) is 4.79 Å². The van der Waals surface area contributed by atoms with Crippen molar-refractivity contribution in [3.63, 3.8) is 0 Å². The Bertz CT molecular complexity index is 639. The summed E-state index contributed by atoms with van der Waals surface area (Å²) < 4.78 is 10.3. The number of halogens is 1. The number of Topliss-reactive ketones (excluding diaryl/α,β-unsaturated/α-hetero) is 1. The number of aromatic nitrogens is 1. The summed E-state index contributed by atoms with van der Waals surface area (Å²) in [5, 5.41) is 3.06. The normalized spacial score (nSPS) is 10.4. The molecule has 0 aliphatic rings. The first-order valence-electron chi connectivity index (χ1n) is 5.91. The van der Waals surface area contributed by atoms with Crippen molar-refractivity contribution in [1.82, 2.24) is 4.98 Å². The summed E-state index contributed by atoms with van der Waals surface area (Å²) in [6, 6.07) is 3.22. The van der Waals surface area contributed by atoms with Crippen LogP contribution in [0.25, 0.3) is 0 Å². The van der Waals surface area contributed by atoms with Gasteiger partial charge in [-0.2, -0.15) is 0 Å². The van der Waals surface area contributed by atoms with Crippen molar-refractivity contribution in [2.45, 2.75) is 13.3 Å². The number of methoxy groups -OCH3 is 2. The molecular formula is C14H14ClNO3S. The maximum Gasteiger partial charge on any atom is 0.179 e. The molecule has 20 heavy (non-hydrogen) atoms. The van der Waals surface area contributed by atoms with Crippen LogP contribution < -0.4 is 9.47 Å². The molecule has 2 rings (SSSR count). The molecule has 0 saturated heterocycles. The number of hydrogen-bond donors (Lipinski definition) is 0. The maximum atomic E-state index is 12.3. The van der Waals surface area contributed by atoms with Crippen LogP contribution in [0.15, 0.2) is 17.5 Å². The van der Waals surface area contributed by atoms with Gasteiger partial charge in [0.15, 0.2) is 17.3 Å². The fraction of sp³-hybridized carbons (Fsp3) is 0.286. The van der Waals surface area contributed by atoms with Crippen LogP contribution in [0.3, 0.4) is 0 Å². The Kier molecular flexibility index (Phi) is 4.62. The molecule has 0 aliphatic heterocycles. The van der Waals surface area contributed by atoms with E-state index in [1.54, 1.807) is 12.1 Å². The average molecular weight is 312 g/mol. The summed E-state index contributed by atoms with van der Waals surface area (Å²) in [5.74, 6) is 0.816. The summed E-state index contributed by atoms with van der Waals surface area (Å²) >= 11 is 7.57. The number of carbonyl (C=O) groups excluding carboxylic acids is 1. The largest absolute Gasteiger partial charge is 0.493 e. The molecule has 0 bridgehead atoms. The van der Waals surface area contributed by atoms with E-state index in [1.165, 1.54) is 25.6 Å². The molecule has 0 saturated carbocycles. The molecule has 0 N–H and O–H groups in total. The summed E-state index contributed by atoms with van der Waals surface area (Å²) in [7, 11) is 3.01. The van der Waals surface area contributed by atoms with Crippen molar-refractivity contribution in [1.29, 1.82) is 0 Å². The molecule has 0 fully saturated rings. The molecule has 0 radical (unpaired) electrons. The lowest BCUT2D eigenvalue weighted by atomic mass is 10.1. The van der Waals surface area contributed by atoms with Crippen LogP contribution in [-0.2, 0) is 6.42 Å². The van der Waals surface area contributed by atoms with Crippen LogP contribution in [0.1, 0.15) is 21.1 Å². The number of ketones is 1. The molecule has 4 nitrogen and oxygen atoms in total. The van der Waals surface area contributed by atoms with Crippen LogP contribution in [-0.4, -0.2) is 25.0 Å². The number of thiazole rings is 1. The first-order valence-corrected chi connectivity index (χ1v) is 7.16. The van der Waals surface area contributed by atoms with Gasteiger partial charge in [-0.25, -0.2) is 4.98 Å². The Morgan fingerprint density at radius 2 is 2.10 bits per heavy atom. The number of hydrogen-bond acceptors (Lipinski definition) is 5. The Balaban J connectivity index is 2.28. The molecule has 1 aromatic carbocycles. The summed E-state index contributed by atoms with van der Waals surface area (Å²) in [6.45, 7) is 1.90. The van der Waals surface area contributed by atoms with E-state index in [0.717, 1.165) is 10.7 Å². The van der Waals surface area contributed by atoms with Gasteiger partial charge >= 0.3 is 0 Å². The van der Waals surface area contributed by atoms with E-state index in [9.17, 15) is 4.79 Å². The van der Waals surface area contributed by atoms with E-state index in [2.05, 4.69) is 4.98 Å². The number of carbonyl (C=O) groups is 1. The Morgan fingerprint density at radius 3 is 2.65 bits per heavy atom. The smallest absolute Gasteiger partial charge is 0.179 e. The summed E-state index contributed by atoms with van der Waals surface area (Å²) in [5.41, 5.74) is 1.41. The third-order valence-electron chi connectivity index (χ3n) is 2.73. The first kappa shape index (κ1) is 14.8. The van der Waals surface area contributed by atoms with Gasteiger partial charge in [-0.05, 0) is 19.1 Å². The zero-order valence-corrected chi connectivity index (χ0v) is 13.0. The standard InChI is InChI=1S/C14H14ClNO3S/c1-8-7-20-13(16-8)6-11(17)9-4-10(15)14(19-3)12(5-9)18-2/h4-5,7H,6H2,1-3H3. The molecule has 0 atom stereocenters. The van der Waals surface area contributed by atoms with Gasteiger partial charge in [0.1, 0.15) is 5.01 Å². The number of ether oxygens (including phenoxy) is 2. The predicted molar refractivity (Wildman–Crippen MR) is 79.4 cm³/mol. The van der Waals surface area contributed by atoms with Crippen molar-refractivity contribution in [2.24, 2.45) is 0 Å². The number of aryl methyl sites for hydroxylation is 1. The van der Waals surface area contributed by atoms with Crippen LogP contribution >= 0.6 is 22.9 Å². The highest BCUT2D eigenvalue weighted by molar-refractivity contribution is 7.09. The first-order chi connectivity index (χ1) is 9.55. The number of benzene rings is 1. The second kappa shape index (κ2) is 6.24. The van der Waals surface area contributed by atoms with Crippen LogP contribution in [0.4, 0.5) is 0 Å². The van der Waals surface area contributed by atoms with Gasteiger partial charge < -0.3 is 9.47 Å². The van der Waals surface area contributed by atoms with E-state index in [4.69, 9.17) is 21.1 Å². The van der Waals surface area contributed by atoms with Gasteiger partial charge in [0.05, 0.1) is 25.7 Å². The van der Waals surface area contributed by atoms with E-state index < -0.39 is 0 Å². The van der Waals surface area contributed by atoms with Crippen LogP contribution in [0.2, 0.25) is 5.02 Å². The molecule has 0 aliphatic carbocycles. The zero-order chi connectivity index (χ0) is 14.7. The molecular weight excluding hydrogens is 298 g/mol.